The molecule has 1 aromatic heterocycles. The summed E-state index contributed by atoms with van der Waals surface area (Å²) < 4.78 is 14.7. The molecule has 2 aromatic rings. The quantitative estimate of drug-likeness (QED) is 0.845. The highest BCUT2D eigenvalue weighted by Crippen LogP contribution is 2.09. The summed E-state index contributed by atoms with van der Waals surface area (Å²) >= 11 is 0. The molecule has 0 aliphatic carbocycles. The number of imidazole rings is 1. The van der Waals surface area contributed by atoms with Gasteiger partial charge in [-0.05, 0) is 24.7 Å². The predicted octanol–water partition coefficient (Wildman–Crippen LogP) is 1.77. The van der Waals surface area contributed by atoms with Gasteiger partial charge >= 0.3 is 0 Å². The molecule has 2 rings (SSSR count). The van der Waals surface area contributed by atoms with Crippen molar-refractivity contribution in [2.75, 3.05) is 11.9 Å². The highest BCUT2D eigenvalue weighted by molar-refractivity contribution is 5.90. The lowest BCUT2D eigenvalue weighted by Crippen LogP contribution is -2.18. The molecule has 1 amide bonds. The van der Waals surface area contributed by atoms with E-state index < -0.39 is 0 Å². The molecule has 2 N–H and O–H groups in total. The molecule has 0 spiro atoms. The van der Waals surface area contributed by atoms with Crippen LogP contribution in [0.3, 0.4) is 0 Å². The number of nitrogens with one attached hydrogen (secondary N) is 2. The maximum atomic E-state index is 13.0. The van der Waals surface area contributed by atoms with Gasteiger partial charge in [-0.25, -0.2) is 9.37 Å². The van der Waals surface area contributed by atoms with Gasteiger partial charge in [0.2, 0.25) is 5.91 Å². The minimum absolute atomic E-state index is 0.148. The van der Waals surface area contributed by atoms with E-state index >= 15 is 0 Å². The first-order valence-corrected chi connectivity index (χ1v) is 6.44. The summed E-state index contributed by atoms with van der Waals surface area (Å²) in [5, 5.41) is 5.80. The van der Waals surface area contributed by atoms with Crippen molar-refractivity contribution >= 4 is 11.6 Å². The Morgan fingerprint density at radius 3 is 3.05 bits per heavy atom. The van der Waals surface area contributed by atoms with Crippen LogP contribution < -0.4 is 10.6 Å². The number of carbonyl (C=O) groups is 1. The Morgan fingerprint density at radius 1 is 1.45 bits per heavy atom. The van der Waals surface area contributed by atoms with Crippen LogP contribution in [-0.4, -0.2) is 22.0 Å². The third kappa shape index (κ3) is 4.17. The van der Waals surface area contributed by atoms with Crippen LogP contribution in [0.2, 0.25) is 0 Å². The van der Waals surface area contributed by atoms with Crippen molar-refractivity contribution in [2.24, 2.45) is 0 Å². The maximum Gasteiger partial charge on any atom is 0.244 e. The molecule has 0 saturated heterocycles. The van der Waals surface area contributed by atoms with E-state index in [1.54, 1.807) is 23.0 Å². The van der Waals surface area contributed by atoms with Crippen LogP contribution in [0.5, 0.6) is 0 Å². The van der Waals surface area contributed by atoms with Crippen molar-refractivity contribution in [2.45, 2.75) is 20.0 Å². The molecule has 1 heterocycles. The van der Waals surface area contributed by atoms with Gasteiger partial charge < -0.3 is 15.2 Å². The molecule has 0 aliphatic rings. The second-order valence-corrected chi connectivity index (χ2v) is 4.38. The van der Waals surface area contributed by atoms with Crippen LogP contribution in [-0.2, 0) is 17.9 Å². The molecule has 0 unspecified atom stereocenters. The Kier molecular flexibility index (Phi) is 4.84. The fourth-order valence-electron chi connectivity index (χ4n) is 1.77. The summed E-state index contributed by atoms with van der Waals surface area (Å²) in [6.45, 7) is 3.71. The lowest BCUT2D eigenvalue weighted by Gasteiger charge is -2.05. The zero-order valence-corrected chi connectivity index (χ0v) is 11.3. The van der Waals surface area contributed by atoms with Gasteiger partial charge in [-0.2, -0.15) is 0 Å². The normalized spacial score (nSPS) is 10.5. The molecule has 20 heavy (non-hydrogen) atoms. The van der Waals surface area contributed by atoms with E-state index in [2.05, 4.69) is 15.6 Å². The van der Waals surface area contributed by atoms with Gasteiger partial charge in [0.25, 0.3) is 0 Å². The van der Waals surface area contributed by atoms with Gasteiger partial charge in [0.15, 0.2) is 0 Å². The first kappa shape index (κ1) is 14.2. The third-order valence-corrected chi connectivity index (χ3v) is 2.68. The standard InChI is InChI=1S/C14H17FN4O/c1-2-16-7-13-8-19(10-17-13)9-14(20)18-12-5-3-4-11(15)6-12/h3-6,8,10,16H,2,7,9H2,1H3,(H,18,20). The first-order valence-electron chi connectivity index (χ1n) is 6.44. The zero-order valence-electron chi connectivity index (χ0n) is 11.3. The number of carbonyl (C=O) groups excluding carboxylic acids is 1. The molecule has 0 radical (unpaired) electrons. The van der Waals surface area contributed by atoms with Crippen molar-refractivity contribution in [3.63, 3.8) is 0 Å². The number of halogens is 1. The van der Waals surface area contributed by atoms with E-state index in [1.165, 1.54) is 12.1 Å². The van der Waals surface area contributed by atoms with E-state index in [9.17, 15) is 9.18 Å². The highest BCUT2D eigenvalue weighted by atomic mass is 19.1. The number of benzene rings is 1. The average Bonchev–Trinajstić information content (AvgIpc) is 2.83. The predicted molar refractivity (Wildman–Crippen MR) is 74.6 cm³/mol. The van der Waals surface area contributed by atoms with Gasteiger partial charge in [-0.1, -0.05) is 13.0 Å². The maximum absolute atomic E-state index is 13.0. The minimum atomic E-state index is -0.377. The van der Waals surface area contributed by atoms with Gasteiger partial charge in [0, 0.05) is 18.4 Å². The Balaban J connectivity index is 1.89. The van der Waals surface area contributed by atoms with Gasteiger partial charge in [-0.3, -0.25) is 4.79 Å². The number of hydrogen-bond acceptors (Lipinski definition) is 3. The van der Waals surface area contributed by atoms with Crippen LogP contribution in [0, 0.1) is 5.82 Å². The second-order valence-electron chi connectivity index (χ2n) is 4.38. The van der Waals surface area contributed by atoms with Gasteiger partial charge in [-0.15, -0.1) is 0 Å². The number of hydrogen-bond donors (Lipinski definition) is 2. The number of rotatable bonds is 6. The zero-order chi connectivity index (χ0) is 14.4. The third-order valence-electron chi connectivity index (χ3n) is 2.68. The molecule has 0 atom stereocenters. The van der Waals surface area contributed by atoms with Crippen molar-refractivity contribution in [1.82, 2.24) is 14.9 Å². The molecule has 6 heteroatoms. The van der Waals surface area contributed by atoms with Crippen LogP contribution in [0.15, 0.2) is 36.8 Å². The van der Waals surface area contributed by atoms with Gasteiger partial charge in [0.05, 0.1) is 12.0 Å². The minimum Gasteiger partial charge on any atom is -0.328 e. The van der Waals surface area contributed by atoms with Crippen LogP contribution in [0.25, 0.3) is 0 Å². The Morgan fingerprint density at radius 2 is 2.30 bits per heavy atom. The number of amides is 1. The Bertz CT molecular complexity index is 582. The van der Waals surface area contributed by atoms with Crippen LogP contribution >= 0.6 is 0 Å². The molecule has 0 bridgehead atoms. The van der Waals surface area contributed by atoms with E-state index in [1.807, 2.05) is 13.1 Å². The number of aromatic nitrogens is 2. The SMILES string of the molecule is CCNCc1cn(CC(=O)Nc2cccc(F)c2)cn1. The first-order chi connectivity index (χ1) is 9.67. The van der Waals surface area contributed by atoms with E-state index in [0.717, 1.165) is 12.2 Å². The second kappa shape index (κ2) is 6.81. The van der Waals surface area contributed by atoms with Gasteiger partial charge in [0.1, 0.15) is 12.4 Å². The molecule has 0 saturated carbocycles. The molecular weight excluding hydrogens is 259 g/mol. The molecular formula is C14H17FN4O. The molecule has 106 valence electrons. The summed E-state index contributed by atoms with van der Waals surface area (Å²) in [5.74, 6) is -0.596. The number of anilines is 1. The smallest absolute Gasteiger partial charge is 0.244 e. The monoisotopic (exact) mass is 276 g/mol. The molecule has 0 fully saturated rings. The fourth-order valence-corrected chi connectivity index (χ4v) is 1.77. The van der Waals surface area contributed by atoms with E-state index in [-0.39, 0.29) is 18.3 Å². The summed E-state index contributed by atoms with van der Waals surface area (Å²) in [6, 6.07) is 5.81. The lowest BCUT2D eigenvalue weighted by atomic mass is 10.3. The summed E-state index contributed by atoms with van der Waals surface area (Å²) in [4.78, 5) is 16.0. The van der Waals surface area contributed by atoms with E-state index in [0.29, 0.717) is 12.2 Å². The fraction of sp³-hybridized carbons (Fsp3) is 0.286. The number of nitrogens with zero attached hydrogens (tertiary/aromatic N) is 2. The van der Waals surface area contributed by atoms with Crippen LogP contribution in [0.1, 0.15) is 12.6 Å². The van der Waals surface area contributed by atoms with Crippen molar-refractivity contribution in [3.05, 3.63) is 48.3 Å². The summed E-state index contributed by atoms with van der Waals surface area (Å²) in [5.41, 5.74) is 1.33. The van der Waals surface area contributed by atoms with E-state index in [4.69, 9.17) is 0 Å². The summed E-state index contributed by atoms with van der Waals surface area (Å²) in [6.07, 6.45) is 3.42. The van der Waals surface area contributed by atoms with Crippen molar-refractivity contribution in [3.8, 4) is 0 Å². The van der Waals surface area contributed by atoms with Crippen LogP contribution in [0.4, 0.5) is 10.1 Å². The lowest BCUT2D eigenvalue weighted by molar-refractivity contribution is -0.116. The Labute approximate surface area is 116 Å². The largest absolute Gasteiger partial charge is 0.328 e. The molecule has 5 nitrogen and oxygen atoms in total. The average molecular weight is 276 g/mol. The molecule has 1 aromatic carbocycles. The Hall–Kier alpha value is -2.21. The van der Waals surface area contributed by atoms with Crippen molar-refractivity contribution < 1.29 is 9.18 Å². The summed E-state index contributed by atoms with van der Waals surface area (Å²) in [7, 11) is 0. The molecule has 0 aliphatic heterocycles. The highest BCUT2D eigenvalue weighted by Gasteiger charge is 2.05. The topological polar surface area (TPSA) is 59.0 Å². The van der Waals surface area contributed by atoms with Crippen molar-refractivity contribution in [1.29, 1.82) is 0 Å².